The predicted molar refractivity (Wildman–Crippen MR) is 66.1 cm³/mol. The molecule has 1 aliphatic heterocycles. The number of hydrogen-bond acceptors (Lipinski definition) is 3. The third kappa shape index (κ3) is 3.79. The zero-order chi connectivity index (χ0) is 10.4. The molecule has 0 radical (unpaired) electrons. The molecule has 0 aromatic heterocycles. The third-order valence-electron chi connectivity index (χ3n) is 3.22. The Morgan fingerprint density at radius 3 is 3.00 bits per heavy atom. The van der Waals surface area contributed by atoms with Gasteiger partial charge in [-0.1, -0.05) is 0 Å². The van der Waals surface area contributed by atoms with Crippen molar-refractivity contribution in [1.29, 1.82) is 0 Å². The number of nitrogens with zero attached hydrogens (tertiary/aromatic N) is 1. The first-order valence-corrected chi connectivity index (χ1v) is 7.07. The Labute approximate surface area is 92.8 Å². The van der Waals surface area contributed by atoms with Crippen molar-refractivity contribution in [1.82, 2.24) is 10.2 Å². The fourth-order valence-electron chi connectivity index (χ4n) is 2.11. The molecule has 0 amide bonds. The van der Waals surface area contributed by atoms with Crippen LogP contribution in [0.5, 0.6) is 0 Å². The van der Waals surface area contributed by atoms with Crippen LogP contribution in [0.25, 0.3) is 0 Å². The molecule has 14 heavy (non-hydrogen) atoms. The molecule has 0 aromatic rings. The van der Waals surface area contributed by atoms with Gasteiger partial charge in [0.05, 0.1) is 0 Å². The number of likely N-dealkylation sites (tertiary alicyclic amines) is 1. The molecule has 1 heterocycles. The van der Waals surface area contributed by atoms with Crippen LogP contribution in [0.1, 0.15) is 26.2 Å². The molecule has 0 saturated carbocycles. The van der Waals surface area contributed by atoms with E-state index in [2.05, 4.69) is 30.4 Å². The SMILES string of the molecule is CNC1CCCN(C(C)CCSC)C1. The van der Waals surface area contributed by atoms with Crippen LogP contribution in [0, 0.1) is 0 Å². The number of hydrogen-bond donors (Lipinski definition) is 1. The molecule has 1 saturated heterocycles. The zero-order valence-electron chi connectivity index (χ0n) is 9.75. The number of piperidine rings is 1. The standard InChI is InChI=1S/C11H24N2S/c1-10(6-8-14-3)13-7-4-5-11(9-13)12-2/h10-12H,4-9H2,1-3H3. The van der Waals surface area contributed by atoms with E-state index in [0.717, 1.165) is 12.1 Å². The second-order valence-corrected chi connectivity index (χ2v) is 5.24. The summed E-state index contributed by atoms with van der Waals surface area (Å²) < 4.78 is 0. The Bertz CT molecular complexity index is 152. The van der Waals surface area contributed by atoms with Gasteiger partial charge >= 0.3 is 0 Å². The average Bonchev–Trinajstić information content (AvgIpc) is 2.26. The molecule has 0 aliphatic carbocycles. The maximum absolute atomic E-state index is 3.40. The first-order chi connectivity index (χ1) is 6.77. The summed E-state index contributed by atoms with van der Waals surface area (Å²) in [6.07, 6.45) is 6.23. The molecule has 2 atom stereocenters. The van der Waals surface area contributed by atoms with Crippen molar-refractivity contribution in [3.05, 3.63) is 0 Å². The molecule has 0 bridgehead atoms. The quantitative estimate of drug-likeness (QED) is 0.754. The molecule has 1 rings (SSSR count). The Morgan fingerprint density at radius 2 is 2.36 bits per heavy atom. The highest BCUT2D eigenvalue weighted by Crippen LogP contribution is 2.15. The molecule has 1 N–H and O–H groups in total. The van der Waals surface area contributed by atoms with Gasteiger partial charge in [-0.25, -0.2) is 0 Å². The van der Waals surface area contributed by atoms with Crippen LogP contribution in [-0.2, 0) is 0 Å². The summed E-state index contributed by atoms with van der Waals surface area (Å²) in [5.41, 5.74) is 0. The van der Waals surface area contributed by atoms with E-state index in [0.29, 0.717) is 0 Å². The van der Waals surface area contributed by atoms with Gasteiger partial charge in [-0.05, 0) is 51.8 Å². The van der Waals surface area contributed by atoms with Crippen LogP contribution in [0.4, 0.5) is 0 Å². The number of rotatable bonds is 5. The van der Waals surface area contributed by atoms with Crippen molar-refractivity contribution in [3.63, 3.8) is 0 Å². The molecule has 0 spiro atoms. The fraction of sp³-hybridized carbons (Fsp3) is 1.00. The van der Waals surface area contributed by atoms with Crippen LogP contribution < -0.4 is 5.32 Å². The van der Waals surface area contributed by atoms with Gasteiger partial charge in [0.15, 0.2) is 0 Å². The monoisotopic (exact) mass is 216 g/mol. The van der Waals surface area contributed by atoms with Crippen LogP contribution in [-0.4, -0.2) is 49.1 Å². The molecular weight excluding hydrogens is 192 g/mol. The van der Waals surface area contributed by atoms with Crippen LogP contribution in [0.15, 0.2) is 0 Å². The lowest BCUT2D eigenvalue weighted by molar-refractivity contribution is 0.146. The van der Waals surface area contributed by atoms with Crippen molar-refractivity contribution < 1.29 is 0 Å². The summed E-state index contributed by atoms with van der Waals surface area (Å²) in [7, 11) is 2.08. The van der Waals surface area contributed by atoms with Gasteiger partial charge < -0.3 is 5.32 Å². The number of nitrogens with one attached hydrogen (secondary N) is 1. The fourth-order valence-corrected chi connectivity index (χ4v) is 2.69. The van der Waals surface area contributed by atoms with E-state index in [1.165, 1.54) is 38.1 Å². The second kappa shape index (κ2) is 6.70. The van der Waals surface area contributed by atoms with Crippen molar-refractivity contribution in [3.8, 4) is 0 Å². The molecular formula is C11H24N2S. The molecule has 3 heteroatoms. The van der Waals surface area contributed by atoms with Crippen molar-refractivity contribution in [2.75, 3.05) is 32.1 Å². The molecule has 1 fully saturated rings. The van der Waals surface area contributed by atoms with Crippen molar-refractivity contribution >= 4 is 11.8 Å². The normalized spacial score (nSPS) is 26.4. The minimum absolute atomic E-state index is 0.723. The Morgan fingerprint density at radius 1 is 1.57 bits per heavy atom. The highest BCUT2D eigenvalue weighted by atomic mass is 32.2. The van der Waals surface area contributed by atoms with Gasteiger partial charge in [0.2, 0.25) is 0 Å². The van der Waals surface area contributed by atoms with Crippen LogP contribution in [0.3, 0.4) is 0 Å². The highest BCUT2D eigenvalue weighted by Gasteiger charge is 2.21. The van der Waals surface area contributed by atoms with Crippen molar-refractivity contribution in [2.45, 2.75) is 38.3 Å². The van der Waals surface area contributed by atoms with Gasteiger partial charge in [-0.3, -0.25) is 4.90 Å². The lowest BCUT2D eigenvalue weighted by Crippen LogP contribution is -2.48. The summed E-state index contributed by atoms with van der Waals surface area (Å²) in [6, 6.07) is 1.49. The zero-order valence-corrected chi connectivity index (χ0v) is 10.6. The maximum atomic E-state index is 3.40. The third-order valence-corrected chi connectivity index (χ3v) is 3.87. The van der Waals surface area contributed by atoms with E-state index in [1.54, 1.807) is 0 Å². The summed E-state index contributed by atoms with van der Waals surface area (Å²) in [5.74, 6) is 1.29. The summed E-state index contributed by atoms with van der Waals surface area (Å²) in [5, 5.41) is 3.40. The average molecular weight is 216 g/mol. The maximum Gasteiger partial charge on any atom is 0.0192 e. The Kier molecular flexibility index (Phi) is 5.90. The van der Waals surface area contributed by atoms with E-state index in [9.17, 15) is 0 Å². The summed E-state index contributed by atoms with van der Waals surface area (Å²) >= 11 is 1.96. The molecule has 0 aromatic carbocycles. The Balaban J connectivity index is 2.27. The molecule has 2 nitrogen and oxygen atoms in total. The topological polar surface area (TPSA) is 15.3 Å². The minimum Gasteiger partial charge on any atom is -0.316 e. The van der Waals surface area contributed by atoms with Gasteiger partial charge in [0.1, 0.15) is 0 Å². The lowest BCUT2D eigenvalue weighted by atomic mass is 10.0. The van der Waals surface area contributed by atoms with Gasteiger partial charge in [0, 0.05) is 18.6 Å². The predicted octanol–water partition coefficient (Wildman–Crippen LogP) is 1.81. The van der Waals surface area contributed by atoms with E-state index < -0.39 is 0 Å². The molecule has 1 aliphatic rings. The number of likely N-dealkylation sites (N-methyl/N-ethyl adjacent to an activating group) is 1. The van der Waals surface area contributed by atoms with E-state index in [4.69, 9.17) is 0 Å². The van der Waals surface area contributed by atoms with Gasteiger partial charge in [-0.15, -0.1) is 0 Å². The van der Waals surface area contributed by atoms with E-state index in [-0.39, 0.29) is 0 Å². The minimum atomic E-state index is 0.723. The second-order valence-electron chi connectivity index (χ2n) is 4.25. The van der Waals surface area contributed by atoms with E-state index >= 15 is 0 Å². The molecule has 2 unspecified atom stereocenters. The first-order valence-electron chi connectivity index (χ1n) is 5.68. The lowest BCUT2D eigenvalue weighted by Gasteiger charge is -2.36. The highest BCUT2D eigenvalue weighted by molar-refractivity contribution is 7.98. The summed E-state index contributed by atoms with van der Waals surface area (Å²) in [6.45, 7) is 4.91. The van der Waals surface area contributed by atoms with Crippen molar-refractivity contribution in [2.24, 2.45) is 0 Å². The van der Waals surface area contributed by atoms with E-state index in [1.807, 2.05) is 11.8 Å². The van der Waals surface area contributed by atoms with Crippen LogP contribution in [0.2, 0.25) is 0 Å². The van der Waals surface area contributed by atoms with Gasteiger partial charge in [-0.2, -0.15) is 11.8 Å². The number of thioether (sulfide) groups is 1. The largest absolute Gasteiger partial charge is 0.316 e. The summed E-state index contributed by atoms with van der Waals surface area (Å²) in [4.78, 5) is 2.64. The molecule has 84 valence electrons. The smallest absolute Gasteiger partial charge is 0.0192 e. The first kappa shape index (κ1) is 12.3. The van der Waals surface area contributed by atoms with Gasteiger partial charge in [0.25, 0.3) is 0 Å². The van der Waals surface area contributed by atoms with Crippen LogP contribution >= 0.6 is 11.8 Å². The Hall–Kier alpha value is 0.270.